The lowest BCUT2D eigenvalue weighted by Gasteiger charge is -2.36. The topological polar surface area (TPSA) is 18.8 Å². The van der Waals surface area contributed by atoms with Crippen molar-refractivity contribution < 1.29 is 0 Å². The standard InChI is InChI=1S/C21H25N3/c1-17-12-14-18(15-13-17)21-16-23(19-8-4-2-5-9-19)24(22-21)20-10-6-3-7-11-20/h3,6-7,10-15,19H,2,4-5,8-9,16H2,1H3. The highest BCUT2D eigenvalue weighted by molar-refractivity contribution is 6.03. The Balaban J connectivity index is 1.65. The Morgan fingerprint density at radius 1 is 0.875 bits per heavy atom. The third-order valence-corrected chi connectivity index (χ3v) is 5.14. The molecule has 0 bridgehead atoms. The van der Waals surface area contributed by atoms with Gasteiger partial charge in [0.25, 0.3) is 0 Å². The summed E-state index contributed by atoms with van der Waals surface area (Å²) < 4.78 is 0. The highest BCUT2D eigenvalue weighted by Gasteiger charge is 2.32. The molecule has 3 heteroatoms. The molecule has 0 unspecified atom stereocenters. The first-order valence-corrected chi connectivity index (χ1v) is 9.07. The first-order chi connectivity index (χ1) is 11.8. The van der Waals surface area contributed by atoms with Crippen LogP contribution in [0.5, 0.6) is 0 Å². The summed E-state index contributed by atoms with van der Waals surface area (Å²) in [5.74, 6) is 0. The largest absolute Gasteiger partial charge is 0.193 e. The quantitative estimate of drug-likeness (QED) is 0.811. The first-order valence-electron chi connectivity index (χ1n) is 9.07. The molecule has 0 atom stereocenters. The number of para-hydroxylation sites is 1. The van der Waals surface area contributed by atoms with Gasteiger partial charge >= 0.3 is 0 Å². The lowest BCUT2D eigenvalue weighted by atomic mass is 9.95. The molecule has 0 aromatic heterocycles. The van der Waals surface area contributed by atoms with Gasteiger partial charge in [-0.05, 0) is 37.5 Å². The van der Waals surface area contributed by atoms with Crippen molar-refractivity contribution in [2.45, 2.75) is 45.1 Å². The molecular weight excluding hydrogens is 294 g/mol. The summed E-state index contributed by atoms with van der Waals surface area (Å²) >= 11 is 0. The third kappa shape index (κ3) is 3.09. The van der Waals surface area contributed by atoms with Crippen LogP contribution in [0.3, 0.4) is 0 Å². The lowest BCUT2D eigenvalue weighted by Crippen LogP contribution is -2.45. The van der Waals surface area contributed by atoms with Crippen molar-refractivity contribution in [3.05, 3.63) is 65.7 Å². The van der Waals surface area contributed by atoms with Gasteiger partial charge in [0.1, 0.15) is 0 Å². The summed E-state index contributed by atoms with van der Waals surface area (Å²) in [7, 11) is 0. The molecule has 2 aliphatic rings. The van der Waals surface area contributed by atoms with E-state index in [-0.39, 0.29) is 0 Å². The molecule has 2 aromatic rings. The van der Waals surface area contributed by atoms with Gasteiger partial charge < -0.3 is 0 Å². The maximum Gasteiger partial charge on any atom is 0.0857 e. The van der Waals surface area contributed by atoms with Crippen molar-refractivity contribution in [3.8, 4) is 0 Å². The van der Waals surface area contributed by atoms with Crippen LogP contribution in [-0.2, 0) is 0 Å². The van der Waals surface area contributed by atoms with Crippen LogP contribution < -0.4 is 5.12 Å². The minimum atomic E-state index is 0.602. The predicted octanol–water partition coefficient (Wildman–Crippen LogP) is 4.77. The maximum atomic E-state index is 4.99. The van der Waals surface area contributed by atoms with Crippen LogP contribution in [0.4, 0.5) is 5.69 Å². The molecule has 1 heterocycles. The minimum absolute atomic E-state index is 0.602. The van der Waals surface area contributed by atoms with Gasteiger partial charge in [0.15, 0.2) is 0 Å². The minimum Gasteiger partial charge on any atom is -0.193 e. The number of hydrazine groups is 1. The molecule has 1 saturated carbocycles. The van der Waals surface area contributed by atoms with Gasteiger partial charge in [-0.25, -0.2) is 0 Å². The fourth-order valence-electron chi connectivity index (χ4n) is 3.75. The summed E-state index contributed by atoms with van der Waals surface area (Å²) in [6.45, 7) is 3.04. The highest BCUT2D eigenvalue weighted by Crippen LogP contribution is 2.30. The van der Waals surface area contributed by atoms with E-state index < -0.39 is 0 Å². The third-order valence-electron chi connectivity index (χ3n) is 5.14. The summed E-state index contributed by atoms with van der Waals surface area (Å²) in [6, 6.07) is 19.9. The summed E-state index contributed by atoms with van der Waals surface area (Å²) in [4.78, 5) is 0. The van der Waals surface area contributed by atoms with E-state index in [1.807, 2.05) is 0 Å². The van der Waals surface area contributed by atoms with Gasteiger partial charge in [0.05, 0.1) is 17.9 Å². The van der Waals surface area contributed by atoms with E-state index in [2.05, 4.69) is 71.6 Å². The van der Waals surface area contributed by atoms with E-state index in [4.69, 9.17) is 5.10 Å². The Labute approximate surface area is 144 Å². The van der Waals surface area contributed by atoms with E-state index in [1.165, 1.54) is 48.9 Å². The molecular formula is C21H25N3. The number of nitrogens with zero attached hydrogens (tertiary/aromatic N) is 3. The van der Waals surface area contributed by atoms with Crippen LogP contribution >= 0.6 is 0 Å². The van der Waals surface area contributed by atoms with Crippen molar-refractivity contribution in [2.24, 2.45) is 5.10 Å². The van der Waals surface area contributed by atoms with Crippen LogP contribution in [0, 0.1) is 6.92 Å². The number of hydrogen-bond donors (Lipinski definition) is 0. The smallest absolute Gasteiger partial charge is 0.0857 e. The zero-order valence-electron chi connectivity index (χ0n) is 14.4. The average Bonchev–Trinajstić information content (AvgIpc) is 3.09. The second-order valence-electron chi connectivity index (χ2n) is 6.93. The van der Waals surface area contributed by atoms with E-state index in [1.54, 1.807) is 0 Å². The van der Waals surface area contributed by atoms with Gasteiger partial charge in [-0.15, -0.1) is 0 Å². The van der Waals surface area contributed by atoms with E-state index >= 15 is 0 Å². The zero-order chi connectivity index (χ0) is 16.4. The van der Waals surface area contributed by atoms with E-state index in [0.29, 0.717) is 6.04 Å². The van der Waals surface area contributed by atoms with Crippen LogP contribution in [0.1, 0.15) is 43.2 Å². The predicted molar refractivity (Wildman–Crippen MR) is 100 cm³/mol. The first kappa shape index (κ1) is 15.4. The van der Waals surface area contributed by atoms with Gasteiger partial charge in [-0.1, -0.05) is 67.3 Å². The molecule has 0 amide bonds. The summed E-state index contributed by atoms with van der Waals surface area (Å²) in [6.07, 6.45) is 6.61. The second kappa shape index (κ2) is 6.78. The van der Waals surface area contributed by atoms with Crippen LogP contribution in [-0.4, -0.2) is 23.3 Å². The molecule has 0 radical (unpaired) electrons. The van der Waals surface area contributed by atoms with E-state index in [9.17, 15) is 0 Å². The lowest BCUT2D eigenvalue weighted by molar-refractivity contribution is 0.174. The molecule has 1 fully saturated rings. The van der Waals surface area contributed by atoms with Crippen molar-refractivity contribution in [3.63, 3.8) is 0 Å². The molecule has 24 heavy (non-hydrogen) atoms. The SMILES string of the molecule is Cc1ccc(C2=NN(c3ccccc3)N(C3CCCCC3)C2)cc1. The Bertz CT molecular complexity index is 700. The maximum absolute atomic E-state index is 4.99. The molecule has 3 nitrogen and oxygen atoms in total. The summed E-state index contributed by atoms with van der Waals surface area (Å²) in [5, 5.41) is 9.61. The molecule has 2 aromatic carbocycles. The highest BCUT2D eigenvalue weighted by atomic mass is 15.8. The Morgan fingerprint density at radius 3 is 2.29 bits per heavy atom. The fourth-order valence-corrected chi connectivity index (χ4v) is 3.75. The number of aryl methyl sites for hydroxylation is 1. The molecule has 1 aliphatic heterocycles. The normalized spacial score (nSPS) is 19.5. The molecule has 124 valence electrons. The number of anilines is 1. The van der Waals surface area contributed by atoms with Crippen molar-refractivity contribution in [2.75, 3.05) is 11.7 Å². The average molecular weight is 319 g/mol. The van der Waals surface area contributed by atoms with Crippen molar-refractivity contribution in [1.82, 2.24) is 5.01 Å². The fraction of sp³-hybridized carbons (Fsp3) is 0.381. The summed E-state index contributed by atoms with van der Waals surface area (Å²) in [5.41, 5.74) is 4.86. The van der Waals surface area contributed by atoms with Gasteiger partial charge in [-0.3, -0.25) is 0 Å². The van der Waals surface area contributed by atoms with Gasteiger partial charge in [0, 0.05) is 6.04 Å². The molecule has 0 N–H and O–H groups in total. The van der Waals surface area contributed by atoms with Crippen LogP contribution in [0.15, 0.2) is 59.7 Å². The molecule has 0 saturated heterocycles. The van der Waals surface area contributed by atoms with Gasteiger partial charge in [0.2, 0.25) is 0 Å². The zero-order valence-corrected chi connectivity index (χ0v) is 14.4. The molecule has 1 aliphatic carbocycles. The molecule has 4 rings (SSSR count). The number of rotatable bonds is 3. The Kier molecular flexibility index (Phi) is 4.35. The Hall–Kier alpha value is -2.13. The number of benzene rings is 2. The number of hydrogen-bond acceptors (Lipinski definition) is 3. The second-order valence-corrected chi connectivity index (χ2v) is 6.93. The van der Waals surface area contributed by atoms with Crippen molar-refractivity contribution >= 4 is 11.4 Å². The monoisotopic (exact) mass is 319 g/mol. The van der Waals surface area contributed by atoms with Gasteiger partial charge in [-0.2, -0.15) is 15.2 Å². The molecule has 0 spiro atoms. The Morgan fingerprint density at radius 2 is 1.58 bits per heavy atom. The van der Waals surface area contributed by atoms with Crippen molar-refractivity contribution in [1.29, 1.82) is 0 Å². The van der Waals surface area contributed by atoms with Crippen LogP contribution in [0.2, 0.25) is 0 Å². The number of hydrazone groups is 1. The van der Waals surface area contributed by atoms with Crippen LogP contribution in [0.25, 0.3) is 0 Å². The van der Waals surface area contributed by atoms with E-state index in [0.717, 1.165) is 12.2 Å².